The lowest BCUT2D eigenvalue weighted by atomic mass is 10.2. The van der Waals surface area contributed by atoms with Crippen molar-refractivity contribution in [3.8, 4) is 0 Å². The molecule has 0 spiro atoms. The van der Waals surface area contributed by atoms with E-state index in [1.54, 1.807) is 6.07 Å². The fraction of sp³-hybridized carbons (Fsp3) is 0.125. The maximum atomic E-state index is 14.7. The molecule has 2 aromatic heterocycles. The summed E-state index contributed by atoms with van der Waals surface area (Å²) in [6, 6.07) is 5.75. The van der Waals surface area contributed by atoms with Gasteiger partial charge in [-0.05, 0) is 40.3 Å². The van der Waals surface area contributed by atoms with Gasteiger partial charge in [-0.2, -0.15) is 5.10 Å². The van der Waals surface area contributed by atoms with Gasteiger partial charge in [0, 0.05) is 16.2 Å². The molecule has 1 amide bonds. The summed E-state index contributed by atoms with van der Waals surface area (Å²) in [5.41, 5.74) is -0.337. The van der Waals surface area contributed by atoms with E-state index in [1.165, 1.54) is 24.4 Å². The highest BCUT2D eigenvalue weighted by Gasteiger charge is 2.26. The van der Waals surface area contributed by atoms with Crippen LogP contribution >= 0.6 is 22.6 Å². The number of hydrogen-bond donors (Lipinski definition) is 1. The van der Waals surface area contributed by atoms with E-state index >= 15 is 0 Å². The van der Waals surface area contributed by atoms with E-state index in [0.717, 1.165) is 11.6 Å². The SMILES string of the molecule is COC(=O)c1c(F)c(C(=O)NCc2ccc(F)c(I)c2)nc2ccnn12. The normalized spacial score (nSPS) is 10.8. The molecule has 134 valence electrons. The maximum absolute atomic E-state index is 14.7. The van der Waals surface area contributed by atoms with Gasteiger partial charge in [0.05, 0.1) is 13.3 Å². The Morgan fingerprint density at radius 3 is 2.77 bits per heavy atom. The highest BCUT2D eigenvalue weighted by atomic mass is 127. The van der Waals surface area contributed by atoms with Gasteiger partial charge in [0.25, 0.3) is 5.91 Å². The molecule has 0 fully saturated rings. The molecular formula is C16H11F2IN4O3. The summed E-state index contributed by atoms with van der Waals surface area (Å²) in [5.74, 6) is -3.32. The summed E-state index contributed by atoms with van der Waals surface area (Å²) >= 11 is 1.83. The first-order valence-electron chi connectivity index (χ1n) is 7.26. The van der Waals surface area contributed by atoms with Crippen molar-refractivity contribution in [1.29, 1.82) is 0 Å². The van der Waals surface area contributed by atoms with Crippen molar-refractivity contribution in [2.45, 2.75) is 6.54 Å². The minimum absolute atomic E-state index is 0.0359. The number of carbonyl (C=O) groups is 2. The third-order valence-corrected chi connectivity index (χ3v) is 4.33. The Balaban J connectivity index is 1.91. The van der Waals surface area contributed by atoms with Crippen molar-refractivity contribution in [3.63, 3.8) is 0 Å². The molecule has 10 heteroatoms. The third-order valence-electron chi connectivity index (χ3n) is 3.51. The molecule has 0 atom stereocenters. The minimum Gasteiger partial charge on any atom is -0.464 e. The lowest BCUT2D eigenvalue weighted by Crippen LogP contribution is -2.27. The average molecular weight is 472 g/mol. The highest BCUT2D eigenvalue weighted by molar-refractivity contribution is 14.1. The number of benzene rings is 1. The summed E-state index contributed by atoms with van der Waals surface area (Å²) in [5, 5.41) is 6.30. The van der Waals surface area contributed by atoms with Crippen molar-refractivity contribution in [1.82, 2.24) is 19.9 Å². The van der Waals surface area contributed by atoms with E-state index in [0.29, 0.717) is 9.13 Å². The molecule has 0 saturated carbocycles. The van der Waals surface area contributed by atoms with E-state index in [1.807, 2.05) is 22.6 Å². The average Bonchev–Trinajstić information content (AvgIpc) is 3.09. The Bertz CT molecular complexity index is 1020. The first kappa shape index (κ1) is 18.2. The number of carbonyl (C=O) groups excluding carboxylic acids is 2. The van der Waals surface area contributed by atoms with E-state index < -0.39 is 29.1 Å². The van der Waals surface area contributed by atoms with E-state index in [9.17, 15) is 18.4 Å². The van der Waals surface area contributed by atoms with Crippen LogP contribution in [-0.4, -0.2) is 33.6 Å². The second-order valence-electron chi connectivity index (χ2n) is 5.15. The molecule has 7 nitrogen and oxygen atoms in total. The number of amides is 1. The van der Waals surface area contributed by atoms with Crippen LogP contribution in [0.2, 0.25) is 0 Å². The molecule has 0 unspecified atom stereocenters. The van der Waals surface area contributed by atoms with Crippen LogP contribution in [0, 0.1) is 15.2 Å². The highest BCUT2D eigenvalue weighted by Crippen LogP contribution is 2.16. The fourth-order valence-electron chi connectivity index (χ4n) is 2.26. The predicted molar refractivity (Wildman–Crippen MR) is 94.6 cm³/mol. The Kier molecular flexibility index (Phi) is 5.11. The van der Waals surface area contributed by atoms with Gasteiger partial charge in [-0.1, -0.05) is 6.07 Å². The molecule has 0 saturated heterocycles. The van der Waals surface area contributed by atoms with E-state index in [4.69, 9.17) is 0 Å². The van der Waals surface area contributed by atoms with Gasteiger partial charge in [-0.15, -0.1) is 0 Å². The Morgan fingerprint density at radius 1 is 1.31 bits per heavy atom. The summed E-state index contributed by atoms with van der Waals surface area (Å²) < 4.78 is 33.9. The van der Waals surface area contributed by atoms with Crippen LogP contribution in [0.3, 0.4) is 0 Å². The second-order valence-corrected chi connectivity index (χ2v) is 6.31. The summed E-state index contributed by atoms with van der Waals surface area (Å²) in [6.07, 6.45) is 1.32. The van der Waals surface area contributed by atoms with Crippen molar-refractivity contribution >= 4 is 40.1 Å². The Labute approximate surface area is 159 Å². The first-order valence-corrected chi connectivity index (χ1v) is 8.34. The van der Waals surface area contributed by atoms with Crippen LogP contribution < -0.4 is 5.32 Å². The molecule has 0 bridgehead atoms. The van der Waals surface area contributed by atoms with Gasteiger partial charge in [0.15, 0.2) is 22.9 Å². The number of halogens is 3. The van der Waals surface area contributed by atoms with Crippen molar-refractivity contribution in [3.05, 3.63) is 62.6 Å². The molecule has 1 aromatic carbocycles. The number of esters is 1. The molecule has 0 aliphatic rings. The predicted octanol–water partition coefficient (Wildman–Crippen LogP) is 2.33. The molecule has 3 rings (SSSR count). The molecule has 3 aromatic rings. The zero-order valence-electron chi connectivity index (χ0n) is 13.3. The molecule has 26 heavy (non-hydrogen) atoms. The fourth-order valence-corrected chi connectivity index (χ4v) is 2.84. The van der Waals surface area contributed by atoms with Crippen LogP contribution in [0.25, 0.3) is 5.65 Å². The lowest BCUT2D eigenvalue weighted by Gasteiger charge is -2.10. The monoisotopic (exact) mass is 472 g/mol. The summed E-state index contributed by atoms with van der Waals surface area (Å²) in [4.78, 5) is 28.1. The lowest BCUT2D eigenvalue weighted by molar-refractivity contribution is 0.0584. The van der Waals surface area contributed by atoms with E-state index in [2.05, 4.69) is 20.1 Å². The van der Waals surface area contributed by atoms with Crippen LogP contribution in [0.4, 0.5) is 8.78 Å². The molecule has 0 radical (unpaired) electrons. The number of methoxy groups -OCH3 is 1. The third kappa shape index (κ3) is 3.36. The van der Waals surface area contributed by atoms with Crippen molar-refractivity contribution in [2.24, 2.45) is 0 Å². The second kappa shape index (κ2) is 7.32. The van der Waals surface area contributed by atoms with Crippen LogP contribution in [0.1, 0.15) is 26.5 Å². The quantitative estimate of drug-likeness (QED) is 0.466. The maximum Gasteiger partial charge on any atom is 0.359 e. The number of ether oxygens (including phenoxy) is 1. The molecule has 1 N–H and O–H groups in total. The van der Waals surface area contributed by atoms with Gasteiger partial charge in [-0.25, -0.2) is 23.1 Å². The minimum atomic E-state index is -1.14. The van der Waals surface area contributed by atoms with Gasteiger partial charge < -0.3 is 10.1 Å². The van der Waals surface area contributed by atoms with Crippen molar-refractivity contribution < 1.29 is 23.1 Å². The summed E-state index contributed by atoms with van der Waals surface area (Å²) in [6.45, 7) is 0.0359. The number of nitrogens with zero attached hydrogens (tertiary/aromatic N) is 3. The van der Waals surface area contributed by atoms with E-state index in [-0.39, 0.29) is 18.0 Å². The molecule has 2 heterocycles. The Morgan fingerprint density at radius 2 is 2.08 bits per heavy atom. The zero-order valence-corrected chi connectivity index (χ0v) is 15.5. The van der Waals surface area contributed by atoms with Gasteiger partial charge in [0.1, 0.15) is 5.82 Å². The summed E-state index contributed by atoms with van der Waals surface area (Å²) in [7, 11) is 1.09. The standard InChI is InChI=1S/C16H11F2IN4O3/c1-26-16(25)14-12(18)13(22-11-4-5-21-23(11)14)15(24)20-7-8-2-3-9(17)10(19)6-8/h2-6H,7H2,1H3,(H,20,24). The van der Waals surface area contributed by atoms with Crippen LogP contribution in [0.15, 0.2) is 30.5 Å². The number of aromatic nitrogens is 3. The smallest absolute Gasteiger partial charge is 0.359 e. The topological polar surface area (TPSA) is 85.6 Å². The van der Waals surface area contributed by atoms with Crippen LogP contribution in [0.5, 0.6) is 0 Å². The van der Waals surface area contributed by atoms with Gasteiger partial charge in [0.2, 0.25) is 0 Å². The number of hydrogen-bond acceptors (Lipinski definition) is 5. The molecule has 0 aliphatic heterocycles. The van der Waals surface area contributed by atoms with Crippen molar-refractivity contribution in [2.75, 3.05) is 7.11 Å². The number of fused-ring (bicyclic) bond motifs is 1. The largest absolute Gasteiger partial charge is 0.464 e. The molecular weight excluding hydrogens is 461 g/mol. The number of rotatable bonds is 4. The zero-order chi connectivity index (χ0) is 18.8. The number of nitrogens with one attached hydrogen (secondary N) is 1. The Hall–Kier alpha value is -2.63. The van der Waals surface area contributed by atoms with Crippen LogP contribution in [-0.2, 0) is 11.3 Å². The van der Waals surface area contributed by atoms with Gasteiger partial charge >= 0.3 is 5.97 Å². The molecule has 0 aliphatic carbocycles. The first-order chi connectivity index (χ1) is 12.4. The van der Waals surface area contributed by atoms with Gasteiger partial charge in [-0.3, -0.25) is 4.79 Å².